The van der Waals surface area contributed by atoms with Gasteiger partial charge in [-0.05, 0) is 78.7 Å². The summed E-state index contributed by atoms with van der Waals surface area (Å²) >= 11 is 0. The molecular weight excluding hydrogens is 550 g/mol. The number of nitrogens with one attached hydrogen (secondary N) is 3. The zero-order valence-electron chi connectivity index (χ0n) is 23.6. The molecule has 3 aromatic carbocycles. The van der Waals surface area contributed by atoms with Crippen LogP contribution in [-0.2, 0) is 28.1 Å². The van der Waals surface area contributed by atoms with Gasteiger partial charge in [0.05, 0.1) is 18.2 Å². The number of fused-ring (bicyclic) bond motifs is 2. The maximum Gasteiger partial charge on any atom is 0.334 e. The minimum absolute atomic E-state index is 0.0478. The van der Waals surface area contributed by atoms with Crippen LogP contribution in [0, 0.1) is 0 Å². The number of pyridine rings is 1. The van der Waals surface area contributed by atoms with E-state index in [4.69, 9.17) is 4.74 Å². The number of H-pyrrole nitrogens is 1. The molecule has 5 rings (SSSR count). The van der Waals surface area contributed by atoms with Crippen LogP contribution in [-0.4, -0.2) is 51.9 Å². The van der Waals surface area contributed by atoms with Crippen molar-refractivity contribution in [1.29, 1.82) is 0 Å². The Balaban J connectivity index is 1.05. The smallest absolute Gasteiger partial charge is 0.334 e. The van der Waals surface area contributed by atoms with Gasteiger partial charge in [-0.2, -0.15) is 0 Å². The van der Waals surface area contributed by atoms with Crippen molar-refractivity contribution in [3.05, 3.63) is 111 Å². The molecule has 224 valence electrons. The summed E-state index contributed by atoms with van der Waals surface area (Å²) in [5, 5.41) is 37.3. The van der Waals surface area contributed by atoms with E-state index < -0.39 is 23.5 Å². The summed E-state index contributed by atoms with van der Waals surface area (Å²) < 4.78 is 5.80. The highest BCUT2D eigenvalue weighted by Crippen LogP contribution is 2.37. The van der Waals surface area contributed by atoms with Crippen LogP contribution in [0.1, 0.15) is 58.0 Å². The second-order valence-electron chi connectivity index (χ2n) is 10.8. The summed E-state index contributed by atoms with van der Waals surface area (Å²) in [4.78, 5) is 39.6. The molecule has 4 aromatic rings. The number of aromatic amines is 1. The zero-order chi connectivity index (χ0) is 30.4. The summed E-state index contributed by atoms with van der Waals surface area (Å²) in [6.45, 7) is 1.80. The van der Waals surface area contributed by atoms with Crippen LogP contribution in [0.3, 0.4) is 0 Å². The van der Waals surface area contributed by atoms with Crippen molar-refractivity contribution >= 4 is 22.8 Å². The number of aromatic hydroxyl groups is 1. The number of carbonyl (C=O) groups excluding carboxylic acids is 1. The van der Waals surface area contributed by atoms with Gasteiger partial charge in [-0.15, -0.1) is 0 Å². The predicted molar refractivity (Wildman–Crippen MR) is 161 cm³/mol. The number of carboxylic acids is 1. The Labute approximate surface area is 248 Å². The molecule has 1 aromatic heterocycles. The molecule has 1 heterocycles. The first-order valence-corrected chi connectivity index (χ1v) is 14.3. The highest BCUT2D eigenvalue weighted by atomic mass is 16.5. The first-order valence-electron chi connectivity index (χ1n) is 14.3. The lowest BCUT2D eigenvalue weighted by Crippen LogP contribution is -2.50. The SMILES string of the molecule is O=C(NC1(C(=O)O)CCc2ccccc21)c1cccc(COCCCCNCC(O)c2ccc(O)c3[nH]c(=O)ccc23)c1. The monoisotopic (exact) mass is 585 g/mol. The Kier molecular flexibility index (Phi) is 9.20. The molecule has 10 heteroatoms. The number of ether oxygens (including phenoxy) is 1. The largest absolute Gasteiger partial charge is 0.506 e. The first-order chi connectivity index (χ1) is 20.8. The lowest BCUT2D eigenvalue weighted by Gasteiger charge is -2.27. The third kappa shape index (κ3) is 6.61. The van der Waals surface area contributed by atoms with Crippen molar-refractivity contribution in [2.45, 2.75) is 43.9 Å². The molecule has 0 bridgehead atoms. The highest BCUT2D eigenvalue weighted by molar-refractivity contribution is 5.98. The molecule has 0 saturated carbocycles. The summed E-state index contributed by atoms with van der Waals surface area (Å²) in [7, 11) is 0. The number of phenols is 1. The number of carbonyl (C=O) groups is 2. The quantitative estimate of drug-likeness (QED) is 0.130. The van der Waals surface area contributed by atoms with Crippen LogP contribution in [0.4, 0.5) is 0 Å². The van der Waals surface area contributed by atoms with Gasteiger partial charge in [-0.25, -0.2) is 4.79 Å². The van der Waals surface area contributed by atoms with Gasteiger partial charge >= 0.3 is 5.97 Å². The van der Waals surface area contributed by atoms with Crippen LogP contribution < -0.4 is 16.2 Å². The number of rotatable bonds is 13. The second kappa shape index (κ2) is 13.2. The molecule has 0 fully saturated rings. The lowest BCUT2D eigenvalue weighted by atomic mass is 9.91. The van der Waals surface area contributed by atoms with E-state index in [0.717, 1.165) is 24.0 Å². The van der Waals surface area contributed by atoms with E-state index in [-0.39, 0.29) is 11.3 Å². The fraction of sp³-hybridized carbons (Fsp3) is 0.303. The van der Waals surface area contributed by atoms with Gasteiger partial charge in [0, 0.05) is 30.2 Å². The molecule has 1 aliphatic carbocycles. The molecule has 0 saturated heterocycles. The van der Waals surface area contributed by atoms with Crippen LogP contribution in [0.2, 0.25) is 0 Å². The minimum atomic E-state index is -1.44. The zero-order valence-corrected chi connectivity index (χ0v) is 23.6. The molecule has 10 nitrogen and oxygen atoms in total. The maximum absolute atomic E-state index is 13.1. The Morgan fingerprint density at radius 1 is 1.02 bits per heavy atom. The van der Waals surface area contributed by atoms with E-state index in [1.165, 1.54) is 12.1 Å². The summed E-state index contributed by atoms with van der Waals surface area (Å²) in [6, 6.07) is 20.4. The van der Waals surface area contributed by atoms with Crippen LogP contribution in [0.15, 0.2) is 77.6 Å². The second-order valence-corrected chi connectivity index (χ2v) is 10.8. The molecule has 0 radical (unpaired) electrons. The molecule has 2 unspecified atom stereocenters. The third-order valence-electron chi connectivity index (χ3n) is 7.89. The van der Waals surface area contributed by atoms with Gasteiger partial charge in [0.15, 0.2) is 5.54 Å². The van der Waals surface area contributed by atoms with Crippen molar-refractivity contribution in [2.75, 3.05) is 19.7 Å². The average Bonchev–Trinajstić information content (AvgIpc) is 3.38. The Bertz CT molecular complexity index is 1680. The van der Waals surface area contributed by atoms with Gasteiger partial charge in [0.25, 0.3) is 5.91 Å². The van der Waals surface area contributed by atoms with Crippen LogP contribution >= 0.6 is 0 Å². The average molecular weight is 586 g/mol. The van der Waals surface area contributed by atoms with E-state index in [0.29, 0.717) is 66.7 Å². The number of hydrogen-bond donors (Lipinski definition) is 6. The van der Waals surface area contributed by atoms with Crippen molar-refractivity contribution in [2.24, 2.45) is 0 Å². The third-order valence-corrected chi connectivity index (χ3v) is 7.89. The normalized spacial score (nSPS) is 16.6. The van der Waals surface area contributed by atoms with Crippen molar-refractivity contribution in [3.63, 3.8) is 0 Å². The van der Waals surface area contributed by atoms with E-state index >= 15 is 0 Å². The number of carboxylic acid groups (broad SMARTS) is 1. The van der Waals surface area contributed by atoms with Crippen molar-refractivity contribution < 1.29 is 29.6 Å². The number of benzene rings is 3. The van der Waals surface area contributed by atoms with E-state index in [2.05, 4.69) is 15.6 Å². The first kappa shape index (κ1) is 30.0. The Hall–Kier alpha value is -4.51. The minimum Gasteiger partial charge on any atom is -0.506 e. The molecule has 2 atom stereocenters. The summed E-state index contributed by atoms with van der Waals surface area (Å²) in [5.74, 6) is -1.56. The topological polar surface area (TPSA) is 161 Å². The Morgan fingerprint density at radius 3 is 2.70 bits per heavy atom. The van der Waals surface area contributed by atoms with Gasteiger partial charge in [0.1, 0.15) is 5.75 Å². The van der Waals surface area contributed by atoms with Crippen LogP contribution in [0.25, 0.3) is 10.9 Å². The van der Waals surface area contributed by atoms with Gasteiger partial charge in [0.2, 0.25) is 5.56 Å². The van der Waals surface area contributed by atoms with Gasteiger partial charge < -0.3 is 35.7 Å². The number of amides is 1. The van der Waals surface area contributed by atoms with E-state index in [1.54, 1.807) is 42.5 Å². The fourth-order valence-electron chi connectivity index (χ4n) is 5.63. The van der Waals surface area contributed by atoms with Gasteiger partial charge in [-0.3, -0.25) is 9.59 Å². The number of phenolic OH excluding ortho intramolecular Hbond substituents is 1. The number of aliphatic carboxylic acids is 1. The summed E-state index contributed by atoms with van der Waals surface area (Å²) in [6.07, 6.45) is 1.68. The van der Waals surface area contributed by atoms with Gasteiger partial charge in [-0.1, -0.05) is 42.5 Å². The Morgan fingerprint density at radius 2 is 1.86 bits per heavy atom. The number of hydrogen-bond acceptors (Lipinski definition) is 7. The van der Waals surface area contributed by atoms with Crippen molar-refractivity contribution in [3.8, 4) is 5.75 Å². The molecule has 0 aliphatic heterocycles. The maximum atomic E-state index is 13.1. The number of aliphatic hydroxyl groups excluding tert-OH is 1. The number of unbranched alkanes of at least 4 members (excludes halogenated alkanes) is 1. The standard InChI is InChI=1S/C33H35N3O7/c37-27-12-10-24(25-11-13-29(39)35-30(25)27)28(38)19-34-16-3-4-17-43-20-21-6-5-8-23(18-21)31(40)36-33(32(41)42)15-14-22-7-1-2-9-26(22)33/h1-2,5-13,18,28,34,37-38H,3-4,14-17,19-20H2,(H,35,39)(H,36,40)(H,41,42). The van der Waals surface area contributed by atoms with E-state index in [1.807, 2.05) is 18.2 Å². The molecular formula is C33H35N3O7. The molecule has 1 amide bonds. The molecule has 6 N–H and O–H groups in total. The molecule has 0 spiro atoms. The summed E-state index contributed by atoms with van der Waals surface area (Å²) in [5.41, 5.74) is 1.90. The van der Waals surface area contributed by atoms with Crippen LogP contribution in [0.5, 0.6) is 5.75 Å². The highest BCUT2D eigenvalue weighted by Gasteiger charge is 2.46. The number of aromatic nitrogens is 1. The molecule has 43 heavy (non-hydrogen) atoms. The number of aryl methyl sites for hydroxylation is 1. The fourth-order valence-corrected chi connectivity index (χ4v) is 5.63. The lowest BCUT2D eigenvalue weighted by molar-refractivity contribution is -0.144. The molecule has 1 aliphatic rings. The number of aliphatic hydroxyl groups is 1. The van der Waals surface area contributed by atoms with E-state index in [9.17, 15) is 29.7 Å². The van der Waals surface area contributed by atoms with Crippen molar-refractivity contribution in [1.82, 2.24) is 15.6 Å². The predicted octanol–water partition coefficient (Wildman–Crippen LogP) is 3.51.